The van der Waals surface area contributed by atoms with E-state index in [-0.39, 0.29) is 11.8 Å². The number of ether oxygens (including phenoxy) is 5. The molecule has 1 aliphatic rings. The summed E-state index contributed by atoms with van der Waals surface area (Å²) in [4.78, 5) is 30.4. The van der Waals surface area contributed by atoms with Gasteiger partial charge in [-0.25, -0.2) is 0 Å². The third-order valence-corrected chi connectivity index (χ3v) is 7.17. The minimum atomic E-state index is -0.182. The molecule has 222 valence electrons. The summed E-state index contributed by atoms with van der Waals surface area (Å²) >= 11 is 6.38. The number of nitrogens with zero attached hydrogens (tertiary/aromatic N) is 2. The van der Waals surface area contributed by atoms with Crippen molar-refractivity contribution in [3.05, 3.63) is 82.4 Å². The lowest BCUT2D eigenvalue weighted by atomic mass is 9.96. The molecule has 1 heterocycles. The maximum Gasteiger partial charge on any atom is 0.254 e. The van der Waals surface area contributed by atoms with Gasteiger partial charge in [-0.2, -0.15) is 0 Å². The van der Waals surface area contributed by atoms with E-state index in [0.717, 1.165) is 16.9 Å². The molecule has 0 aliphatic carbocycles. The molecular formula is C32H35ClN2O7. The zero-order valence-electron chi connectivity index (χ0n) is 24.4. The lowest BCUT2D eigenvalue weighted by Gasteiger charge is -2.34. The molecule has 0 atom stereocenters. The maximum absolute atomic E-state index is 13.6. The fourth-order valence-corrected chi connectivity index (χ4v) is 5.02. The molecular weight excluding hydrogens is 560 g/mol. The average Bonchev–Trinajstić information content (AvgIpc) is 3.02. The number of benzene rings is 3. The number of hydrogen-bond acceptors (Lipinski definition) is 7. The molecule has 0 unspecified atom stereocenters. The molecule has 0 aromatic heterocycles. The summed E-state index contributed by atoms with van der Waals surface area (Å²) in [6.45, 7) is 3.98. The topological polar surface area (TPSA) is 86.8 Å². The quantitative estimate of drug-likeness (QED) is 0.299. The molecule has 0 radical (unpaired) electrons. The second kappa shape index (κ2) is 14.0. The third-order valence-electron chi connectivity index (χ3n) is 6.95. The Morgan fingerprint density at radius 1 is 0.738 bits per heavy atom. The first-order valence-electron chi connectivity index (χ1n) is 13.5. The summed E-state index contributed by atoms with van der Waals surface area (Å²) in [5.41, 5.74) is 2.68. The molecule has 1 fully saturated rings. The largest absolute Gasteiger partial charge is 0.497 e. The van der Waals surface area contributed by atoms with Gasteiger partial charge in [-0.1, -0.05) is 23.7 Å². The SMILES string of the molecule is CCOc1ccc(C(=CC(=O)N2CCN(C(=O)c3cc(OC)c(OC)c(OC)c3)CC2)c2cc(Cl)cc(OC)c2)cc1. The fraction of sp³-hybridized carbons (Fsp3) is 0.312. The van der Waals surface area contributed by atoms with Crippen LogP contribution in [0.15, 0.2) is 60.7 Å². The average molecular weight is 595 g/mol. The van der Waals surface area contributed by atoms with Gasteiger partial charge in [-0.05, 0) is 66.1 Å². The van der Waals surface area contributed by atoms with Gasteiger partial charge in [0.15, 0.2) is 11.5 Å². The van der Waals surface area contributed by atoms with Crippen molar-refractivity contribution in [2.75, 3.05) is 61.2 Å². The minimum Gasteiger partial charge on any atom is -0.497 e. The number of halogens is 1. The van der Waals surface area contributed by atoms with Gasteiger partial charge in [0.05, 0.1) is 35.0 Å². The summed E-state index contributed by atoms with van der Waals surface area (Å²) in [6, 6.07) is 16.2. The van der Waals surface area contributed by atoms with Crippen LogP contribution in [0.2, 0.25) is 5.02 Å². The summed E-state index contributed by atoms with van der Waals surface area (Å²) in [5, 5.41) is 0.493. The van der Waals surface area contributed by atoms with Gasteiger partial charge in [0.1, 0.15) is 11.5 Å². The molecule has 1 aliphatic heterocycles. The lowest BCUT2D eigenvalue weighted by Crippen LogP contribution is -2.50. The van der Waals surface area contributed by atoms with Crippen LogP contribution in [0.1, 0.15) is 28.4 Å². The maximum atomic E-state index is 13.6. The van der Waals surface area contributed by atoms with Crippen LogP contribution in [0.3, 0.4) is 0 Å². The van der Waals surface area contributed by atoms with Gasteiger partial charge in [-0.3, -0.25) is 9.59 Å². The van der Waals surface area contributed by atoms with Gasteiger partial charge in [0.2, 0.25) is 11.7 Å². The fourth-order valence-electron chi connectivity index (χ4n) is 4.80. The van der Waals surface area contributed by atoms with Crippen molar-refractivity contribution in [1.82, 2.24) is 9.80 Å². The molecule has 0 bridgehead atoms. The van der Waals surface area contributed by atoms with Crippen molar-refractivity contribution in [1.29, 1.82) is 0 Å². The Morgan fingerprint density at radius 2 is 1.36 bits per heavy atom. The van der Waals surface area contributed by atoms with E-state index in [1.165, 1.54) is 21.3 Å². The van der Waals surface area contributed by atoms with Crippen molar-refractivity contribution in [2.45, 2.75) is 6.92 Å². The van der Waals surface area contributed by atoms with Crippen LogP contribution in [-0.2, 0) is 4.79 Å². The normalized spacial score (nSPS) is 13.4. The lowest BCUT2D eigenvalue weighted by molar-refractivity contribution is -0.127. The van der Waals surface area contributed by atoms with Crippen molar-refractivity contribution in [3.63, 3.8) is 0 Å². The number of methoxy groups -OCH3 is 4. The number of carbonyl (C=O) groups is 2. The molecule has 0 saturated carbocycles. The van der Waals surface area contributed by atoms with Crippen LogP contribution in [0.25, 0.3) is 5.57 Å². The van der Waals surface area contributed by atoms with Crippen LogP contribution in [-0.4, -0.2) is 82.8 Å². The van der Waals surface area contributed by atoms with Crippen molar-refractivity contribution >= 4 is 29.0 Å². The van der Waals surface area contributed by atoms with Crippen LogP contribution in [0, 0.1) is 0 Å². The van der Waals surface area contributed by atoms with Crippen molar-refractivity contribution in [2.24, 2.45) is 0 Å². The van der Waals surface area contributed by atoms with Gasteiger partial charge in [-0.15, -0.1) is 0 Å². The van der Waals surface area contributed by atoms with E-state index < -0.39 is 0 Å². The summed E-state index contributed by atoms with van der Waals surface area (Å²) in [7, 11) is 6.09. The molecule has 42 heavy (non-hydrogen) atoms. The van der Waals surface area contributed by atoms with E-state index in [2.05, 4.69) is 0 Å². The first kappa shape index (κ1) is 30.6. The van der Waals surface area contributed by atoms with Crippen LogP contribution >= 0.6 is 11.6 Å². The number of piperazine rings is 1. The second-order valence-corrected chi connectivity index (χ2v) is 9.86. The Labute approximate surface area is 251 Å². The smallest absolute Gasteiger partial charge is 0.254 e. The molecule has 9 nitrogen and oxygen atoms in total. The highest BCUT2D eigenvalue weighted by Gasteiger charge is 2.26. The molecule has 4 rings (SSSR count). The highest BCUT2D eigenvalue weighted by Crippen LogP contribution is 2.38. The van der Waals surface area contributed by atoms with Gasteiger partial charge in [0.25, 0.3) is 5.91 Å². The molecule has 10 heteroatoms. The zero-order valence-corrected chi connectivity index (χ0v) is 25.2. The molecule has 0 spiro atoms. The summed E-state index contributed by atoms with van der Waals surface area (Å²) in [5.74, 6) is 2.19. The van der Waals surface area contributed by atoms with Crippen LogP contribution in [0.5, 0.6) is 28.7 Å². The number of hydrogen-bond donors (Lipinski definition) is 0. The highest BCUT2D eigenvalue weighted by molar-refractivity contribution is 6.31. The Hall–Kier alpha value is -4.37. The monoisotopic (exact) mass is 594 g/mol. The predicted molar refractivity (Wildman–Crippen MR) is 161 cm³/mol. The standard InChI is InChI=1S/C32H35ClN2O7/c1-6-42-25-9-7-21(8-10-25)27(22-15-24(33)19-26(16-22)38-2)20-30(36)34-11-13-35(14-12-34)32(37)23-17-28(39-3)31(41-5)29(18-23)40-4/h7-10,15-20H,6,11-14H2,1-5H3. The number of rotatable bonds is 10. The summed E-state index contributed by atoms with van der Waals surface area (Å²) < 4.78 is 27.2. The minimum absolute atomic E-state index is 0.169. The van der Waals surface area contributed by atoms with Gasteiger partial charge < -0.3 is 33.5 Å². The first-order valence-corrected chi connectivity index (χ1v) is 13.9. The second-order valence-electron chi connectivity index (χ2n) is 9.43. The van der Waals surface area contributed by atoms with E-state index in [1.807, 2.05) is 37.3 Å². The van der Waals surface area contributed by atoms with Gasteiger partial charge >= 0.3 is 0 Å². The van der Waals surface area contributed by atoms with E-state index in [4.69, 9.17) is 35.3 Å². The Balaban J connectivity index is 1.55. The Morgan fingerprint density at radius 3 is 1.90 bits per heavy atom. The van der Waals surface area contributed by atoms with E-state index in [0.29, 0.717) is 71.9 Å². The Bertz CT molecular complexity index is 1420. The molecule has 3 aromatic rings. The number of amides is 2. The first-order chi connectivity index (χ1) is 20.3. The van der Waals surface area contributed by atoms with Crippen LogP contribution < -0.4 is 23.7 Å². The zero-order chi connectivity index (χ0) is 30.2. The van der Waals surface area contributed by atoms with E-state index >= 15 is 0 Å². The molecule has 3 aromatic carbocycles. The van der Waals surface area contributed by atoms with E-state index in [1.54, 1.807) is 47.3 Å². The van der Waals surface area contributed by atoms with Gasteiger partial charge in [0, 0.05) is 42.8 Å². The van der Waals surface area contributed by atoms with Crippen molar-refractivity contribution < 1.29 is 33.3 Å². The van der Waals surface area contributed by atoms with E-state index in [9.17, 15) is 9.59 Å². The Kier molecular flexibility index (Phi) is 10.2. The van der Waals surface area contributed by atoms with Crippen molar-refractivity contribution in [3.8, 4) is 28.7 Å². The van der Waals surface area contributed by atoms with Crippen LogP contribution in [0.4, 0.5) is 0 Å². The molecule has 1 saturated heterocycles. The molecule has 0 N–H and O–H groups in total. The highest BCUT2D eigenvalue weighted by atomic mass is 35.5. The predicted octanol–water partition coefficient (Wildman–Crippen LogP) is 5.19. The number of carbonyl (C=O) groups excluding carboxylic acids is 2. The summed E-state index contributed by atoms with van der Waals surface area (Å²) in [6.07, 6.45) is 1.61. The molecule has 2 amide bonds. The third kappa shape index (κ3) is 6.91.